The lowest BCUT2D eigenvalue weighted by Gasteiger charge is -2.34. The van der Waals surface area contributed by atoms with Gasteiger partial charge in [0.15, 0.2) is 0 Å². The normalized spacial score (nSPS) is 20.4. The number of nitrogens with two attached hydrogens (primary N) is 1. The van der Waals surface area contributed by atoms with Crippen LogP contribution in [0.15, 0.2) is 12.1 Å². The molecule has 0 saturated carbocycles. The maximum atomic E-state index is 5.63. The van der Waals surface area contributed by atoms with Crippen molar-refractivity contribution >= 4 is 22.9 Å². The van der Waals surface area contributed by atoms with E-state index < -0.39 is 0 Å². The van der Waals surface area contributed by atoms with E-state index in [1.807, 2.05) is 13.8 Å². The van der Waals surface area contributed by atoms with Crippen LogP contribution in [-0.4, -0.2) is 35.8 Å². The highest BCUT2D eigenvalue weighted by atomic mass is 32.1. The van der Waals surface area contributed by atoms with E-state index in [9.17, 15) is 0 Å². The van der Waals surface area contributed by atoms with Crippen molar-refractivity contribution in [2.45, 2.75) is 20.0 Å². The topological polar surface area (TPSA) is 51.4 Å². The Bertz CT molecular complexity index is 416. The molecule has 0 aliphatic carbocycles. The third kappa shape index (κ3) is 2.92. The largest absolute Gasteiger partial charge is 0.391 e. The van der Waals surface area contributed by atoms with Gasteiger partial charge in [0.1, 0.15) is 11.1 Å². The molecule has 0 aromatic carbocycles. The van der Waals surface area contributed by atoms with Gasteiger partial charge in [-0.15, -0.1) is 0 Å². The lowest BCUT2D eigenvalue weighted by atomic mass is 10.2. The second-order valence-corrected chi connectivity index (χ2v) is 4.79. The number of aromatic nitrogens is 1. The van der Waals surface area contributed by atoms with Crippen LogP contribution in [0.25, 0.3) is 0 Å². The molecule has 4 nitrogen and oxygen atoms in total. The van der Waals surface area contributed by atoms with E-state index in [2.05, 4.69) is 22.0 Å². The molecule has 0 spiro atoms. The first-order valence-corrected chi connectivity index (χ1v) is 6.08. The lowest BCUT2D eigenvalue weighted by Crippen LogP contribution is -2.47. The molecule has 1 aliphatic heterocycles. The number of thiocarbonyl (C=S) groups is 1. The summed E-state index contributed by atoms with van der Waals surface area (Å²) in [5.41, 5.74) is 8.85. The van der Waals surface area contributed by atoms with Crippen molar-refractivity contribution in [3.05, 3.63) is 23.5 Å². The molecule has 1 aromatic heterocycles. The molecule has 1 atom stereocenters. The predicted octanol–water partition coefficient (Wildman–Crippen LogP) is 1.19. The molecule has 2 rings (SSSR count). The van der Waals surface area contributed by atoms with Gasteiger partial charge in [-0.05, 0) is 26.0 Å². The Balaban J connectivity index is 2.18. The molecule has 0 radical (unpaired) electrons. The summed E-state index contributed by atoms with van der Waals surface area (Å²) in [6, 6.07) is 4.16. The summed E-state index contributed by atoms with van der Waals surface area (Å²) in [5, 5.41) is 0. The molecule has 1 saturated heterocycles. The average molecular weight is 251 g/mol. The van der Waals surface area contributed by atoms with Crippen molar-refractivity contribution in [2.24, 2.45) is 5.73 Å². The van der Waals surface area contributed by atoms with Crippen molar-refractivity contribution in [1.29, 1.82) is 0 Å². The van der Waals surface area contributed by atoms with Crippen molar-refractivity contribution in [2.75, 3.05) is 24.6 Å². The Morgan fingerprint density at radius 2 is 2.12 bits per heavy atom. The van der Waals surface area contributed by atoms with E-state index in [4.69, 9.17) is 22.7 Å². The number of rotatable bonds is 2. The first kappa shape index (κ1) is 12.3. The summed E-state index contributed by atoms with van der Waals surface area (Å²) in [5.74, 6) is 0. The van der Waals surface area contributed by atoms with Gasteiger partial charge in [-0.2, -0.15) is 0 Å². The number of morpholine rings is 1. The second kappa shape index (κ2) is 4.98. The summed E-state index contributed by atoms with van der Waals surface area (Å²) in [7, 11) is 0. The molecule has 17 heavy (non-hydrogen) atoms. The average Bonchev–Trinajstić information content (AvgIpc) is 2.28. The van der Waals surface area contributed by atoms with Gasteiger partial charge < -0.3 is 15.4 Å². The molecule has 1 fully saturated rings. The number of nitrogens with zero attached hydrogens (tertiary/aromatic N) is 2. The molecule has 2 N–H and O–H groups in total. The van der Waals surface area contributed by atoms with Gasteiger partial charge in [-0.25, -0.2) is 0 Å². The Morgan fingerprint density at radius 3 is 2.71 bits per heavy atom. The summed E-state index contributed by atoms with van der Waals surface area (Å²) in [6.45, 7) is 6.24. The second-order valence-electron chi connectivity index (χ2n) is 4.32. The first-order chi connectivity index (χ1) is 8.06. The maximum absolute atomic E-state index is 5.63. The summed E-state index contributed by atoms with van der Waals surface area (Å²) >= 11 is 4.98. The van der Waals surface area contributed by atoms with Gasteiger partial charge in [-0.3, -0.25) is 4.98 Å². The fraction of sp³-hybridized carbons (Fsp3) is 0.500. The zero-order valence-corrected chi connectivity index (χ0v) is 11.0. The Hall–Kier alpha value is -1.20. The number of ether oxygens (including phenoxy) is 1. The molecule has 1 aliphatic rings. The van der Waals surface area contributed by atoms with Crippen LogP contribution in [0.5, 0.6) is 0 Å². The van der Waals surface area contributed by atoms with E-state index in [-0.39, 0.29) is 6.10 Å². The van der Waals surface area contributed by atoms with Crippen molar-refractivity contribution in [3.63, 3.8) is 0 Å². The Labute approximate surface area is 107 Å². The smallest absolute Gasteiger partial charge is 0.125 e. The highest BCUT2D eigenvalue weighted by Gasteiger charge is 2.22. The highest BCUT2D eigenvalue weighted by molar-refractivity contribution is 7.80. The summed E-state index contributed by atoms with van der Waals surface area (Å²) < 4.78 is 5.53. The molecule has 1 aromatic rings. The SMILES string of the molecule is Cc1cc(N2CCOC(C(N)=S)C2)cc(C)n1. The van der Waals surface area contributed by atoms with Gasteiger partial charge >= 0.3 is 0 Å². The predicted molar refractivity (Wildman–Crippen MR) is 72.4 cm³/mol. The summed E-state index contributed by atoms with van der Waals surface area (Å²) in [4.78, 5) is 7.05. The van der Waals surface area contributed by atoms with Crippen LogP contribution >= 0.6 is 12.2 Å². The zero-order valence-electron chi connectivity index (χ0n) is 10.1. The van der Waals surface area contributed by atoms with Crippen molar-refractivity contribution in [3.8, 4) is 0 Å². The van der Waals surface area contributed by atoms with Gasteiger partial charge in [0.2, 0.25) is 0 Å². The van der Waals surface area contributed by atoms with E-state index in [0.717, 1.165) is 24.5 Å². The van der Waals surface area contributed by atoms with Gasteiger partial charge in [-0.1, -0.05) is 12.2 Å². The first-order valence-electron chi connectivity index (χ1n) is 5.67. The minimum atomic E-state index is -0.146. The van der Waals surface area contributed by atoms with Gasteiger partial charge in [0, 0.05) is 23.6 Å². The fourth-order valence-electron chi connectivity index (χ4n) is 2.05. The third-order valence-corrected chi connectivity index (χ3v) is 3.08. The molecule has 0 amide bonds. The van der Waals surface area contributed by atoms with Crippen LogP contribution < -0.4 is 10.6 Å². The van der Waals surface area contributed by atoms with E-state index >= 15 is 0 Å². The minimum Gasteiger partial charge on any atom is -0.391 e. The van der Waals surface area contributed by atoms with Crippen LogP contribution in [0.1, 0.15) is 11.4 Å². The monoisotopic (exact) mass is 251 g/mol. The number of anilines is 1. The molecule has 5 heteroatoms. The fourth-order valence-corrected chi connectivity index (χ4v) is 2.19. The molecular formula is C12H17N3OS. The molecule has 2 heterocycles. The third-order valence-electron chi connectivity index (χ3n) is 2.82. The van der Waals surface area contributed by atoms with E-state index in [1.165, 1.54) is 5.69 Å². The van der Waals surface area contributed by atoms with Gasteiger partial charge in [0.05, 0.1) is 13.2 Å². The van der Waals surface area contributed by atoms with E-state index in [1.54, 1.807) is 0 Å². The van der Waals surface area contributed by atoms with Crippen LogP contribution in [0.3, 0.4) is 0 Å². The lowest BCUT2D eigenvalue weighted by molar-refractivity contribution is 0.0847. The Morgan fingerprint density at radius 1 is 1.47 bits per heavy atom. The van der Waals surface area contributed by atoms with Crippen LogP contribution in [0.2, 0.25) is 0 Å². The van der Waals surface area contributed by atoms with Crippen molar-refractivity contribution < 1.29 is 4.74 Å². The summed E-state index contributed by atoms with van der Waals surface area (Å²) in [6.07, 6.45) is -0.146. The standard InChI is InChI=1S/C12H17N3OS/c1-8-5-10(6-9(2)14-8)15-3-4-16-11(7-15)12(13)17/h5-6,11H,3-4,7H2,1-2H3,(H2,13,17). The quantitative estimate of drug-likeness (QED) is 0.800. The van der Waals surface area contributed by atoms with Crippen LogP contribution in [0, 0.1) is 13.8 Å². The molecular weight excluding hydrogens is 234 g/mol. The van der Waals surface area contributed by atoms with Gasteiger partial charge in [0.25, 0.3) is 0 Å². The maximum Gasteiger partial charge on any atom is 0.125 e. The van der Waals surface area contributed by atoms with E-state index in [0.29, 0.717) is 11.6 Å². The van der Waals surface area contributed by atoms with Crippen LogP contribution in [-0.2, 0) is 4.74 Å². The molecule has 0 bridgehead atoms. The number of pyridine rings is 1. The molecule has 1 unspecified atom stereocenters. The molecule has 92 valence electrons. The van der Waals surface area contributed by atoms with Crippen molar-refractivity contribution in [1.82, 2.24) is 4.98 Å². The minimum absolute atomic E-state index is 0.146. The number of hydrogen-bond donors (Lipinski definition) is 1. The highest BCUT2D eigenvalue weighted by Crippen LogP contribution is 2.19. The zero-order chi connectivity index (χ0) is 12.4. The number of hydrogen-bond acceptors (Lipinski definition) is 4. The Kier molecular flexibility index (Phi) is 3.59. The number of aryl methyl sites for hydroxylation is 2. The van der Waals surface area contributed by atoms with Crippen LogP contribution in [0.4, 0.5) is 5.69 Å².